The molecule has 9 heteroatoms. The SMILES string of the molecule is CCCCCCCCCC/C=C\CCCCCCCCCCCCCCCCCCCCCCCCCCCCCCCC(=O)NC(COP(=O)(O)OCC[N+](C)(C)C)C(O)/C=C/CCCCCCCCCC. The summed E-state index contributed by atoms with van der Waals surface area (Å²) in [6, 6.07) is -0.841. The topological polar surface area (TPSA) is 105 Å². The number of aliphatic hydroxyl groups excluding tert-OH is 1. The Balaban J connectivity index is 3.75. The molecule has 0 heterocycles. The van der Waals surface area contributed by atoms with Gasteiger partial charge in [0, 0.05) is 6.42 Å². The van der Waals surface area contributed by atoms with Crippen LogP contribution < -0.4 is 5.32 Å². The van der Waals surface area contributed by atoms with Crippen LogP contribution in [0.15, 0.2) is 24.3 Å². The summed E-state index contributed by atoms with van der Waals surface area (Å²) in [5.74, 6) is -0.173. The highest BCUT2D eigenvalue weighted by atomic mass is 31.2. The van der Waals surface area contributed by atoms with E-state index in [1.807, 2.05) is 27.2 Å². The van der Waals surface area contributed by atoms with Gasteiger partial charge in [0.05, 0.1) is 39.9 Å². The van der Waals surface area contributed by atoms with Crippen molar-refractivity contribution >= 4 is 13.7 Å². The van der Waals surface area contributed by atoms with E-state index < -0.39 is 20.0 Å². The zero-order valence-electron chi connectivity index (χ0n) is 49.7. The number of nitrogens with zero attached hydrogens (tertiary/aromatic N) is 1. The number of aliphatic hydroxyl groups is 1. The maximum absolute atomic E-state index is 12.9. The Bertz CT molecular complexity index is 1240. The first-order valence-corrected chi connectivity index (χ1v) is 33.7. The van der Waals surface area contributed by atoms with E-state index in [0.29, 0.717) is 17.4 Å². The Morgan fingerprint density at radius 2 is 0.740 bits per heavy atom. The fraction of sp³-hybridized carbons (Fsp3) is 0.922. The second kappa shape index (κ2) is 55.7. The number of rotatable bonds is 60. The number of unbranched alkanes of at least 4 members (excludes halogenated alkanes) is 45. The van der Waals surface area contributed by atoms with E-state index in [2.05, 4.69) is 31.3 Å². The summed E-state index contributed by atoms with van der Waals surface area (Å²) < 4.78 is 23.6. The van der Waals surface area contributed by atoms with Crippen molar-refractivity contribution in [2.75, 3.05) is 40.9 Å². The summed E-state index contributed by atoms with van der Waals surface area (Å²) in [5, 5.41) is 13.9. The maximum Gasteiger partial charge on any atom is 0.472 e. The maximum atomic E-state index is 12.9. The first kappa shape index (κ1) is 72.0. The summed E-state index contributed by atoms with van der Waals surface area (Å²) in [6.45, 7) is 4.82. The molecule has 3 unspecified atom stereocenters. The third-order valence-electron chi connectivity index (χ3n) is 14.9. The van der Waals surface area contributed by atoms with Gasteiger partial charge in [0.1, 0.15) is 13.2 Å². The van der Waals surface area contributed by atoms with Crippen molar-refractivity contribution in [1.29, 1.82) is 0 Å². The monoisotopic (exact) mass is 1050 g/mol. The van der Waals surface area contributed by atoms with E-state index in [-0.39, 0.29) is 19.1 Å². The molecule has 0 aliphatic heterocycles. The van der Waals surface area contributed by atoms with Gasteiger partial charge >= 0.3 is 7.82 Å². The molecule has 0 aliphatic carbocycles. The first-order valence-electron chi connectivity index (χ1n) is 32.2. The molecule has 8 nitrogen and oxygen atoms in total. The van der Waals surface area contributed by atoms with Crippen LogP contribution in [0.2, 0.25) is 0 Å². The number of phosphoric acid groups is 1. The average molecular weight is 1050 g/mol. The van der Waals surface area contributed by atoms with Gasteiger partial charge in [-0.3, -0.25) is 13.8 Å². The van der Waals surface area contributed by atoms with Crippen molar-refractivity contribution in [2.24, 2.45) is 0 Å². The van der Waals surface area contributed by atoms with Crippen molar-refractivity contribution in [3.63, 3.8) is 0 Å². The fourth-order valence-electron chi connectivity index (χ4n) is 9.86. The Labute approximate surface area is 455 Å². The van der Waals surface area contributed by atoms with Crippen LogP contribution in [0, 0.1) is 0 Å². The predicted molar refractivity (Wildman–Crippen MR) is 318 cm³/mol. The Kier molecular flexibility index (Phi) is 54.9. The molecule has 0 bridgehead atoms. The van der Waals surface area contributed by atoms with Gasteiger partial charge in [-0.15, -0.1) is 0 Å². The predicted octanol–water partition coefficient (Wildman–Crippen LogP) is 19.9. The average Bonchev–Trinajstić information content (AvgIpc) is 3.35. The van der Waals surface area contributed by atoms with E-state index in [4.69, 9.17) is 9.05 Å². The minimum atomic E-state index is -4.34. The van der Waals surface area contributed by atoms with Crippen LogP contribution in [-0.4, -0.2) is 73.4 Å². The number of likely N-dealkylation sites (N-methyl/N-ethyl adjacent to an activating group) is 1. The molecule has 0 saturated heterocycles. The van der Waals surface area contributed by atoms with Crippen LogP contribution in [-0.2, 0) is 18.4 Å². The van der Waals surface area contributed by atoms with Crippen LogP contribution in [0.5, 0.6) is 0 Å². The van der Waals surface area contributed by atoms with Gasteiger partial charge in [0.25, 0.3) is 0 Å². The van der Waals surface area contributed by atoms with Gasteiger partial charge in [-0.2, -0.15) is 0 Å². The second-order valence-electron chi connectivity index (χ2n) is 23.5. The Hall–Kier alpha value is -1.02. The zero-order valence-corrected chi connectivity index (χ0v) is 50.5. The first-order chi connectivity index (χ1) is 35.5. The largest absolute Gasteiger partial charge is 0.472 e. The molecule has 3 atom stereocenters. The lowest BCUT2D eigenvalue weighted by atomic mass is 10.0. The molecule has 0 rings (SSSR count). The van der Waals surface area contributed by atoms with Gasteiger partial charge in [0.15, 0.2) is 0 Å². The lowest BCUT2D eigenvalue weighted by Crippen LogP contribution is -2.45. The number of phosphoric ester groups is 1. The van der Waals surface area contributed by atoms with E-state index >= 15 is 0 Å². The molecule has 0 radical (unpaired) electrons. The molecule has 0 aromatic carbocycles. The fourth-order valence-corrected chi connectivity index (χ4v) is 10.6. The van der Waals surface area contributed by atoms with Crippen LogP contribution in [0.25, 0.3) is 0 Å². The van der Waals surface area contributed by atoms with Crippen LogP contribution in [0.4, 0.5) is 0 Å². The highest BCUT2D eigenvalue weighted by Gasteiger charge is 2.28. The summed E-state index contributed by atoms with van der Waals surface area (Å²) in [4.78, 5) is 23.2. The summed E-state index contributed by atoms with van der Waals surface area (Å²) in [5.41, 5.74) is 0. The number of hydrogen-bond acceptors (Lipinski definition) is 5. The number of carbonyl (C=O) groups is 1. The molecule has 1 amide bonds. The molecule has 0 aliphatic rings. The van der Waals surface area contributed by atoms with Crippen LogP contribution in [0.1, 0.15) is 328 Å². The summed E-state index contributed by atoms with van der Waals surface area (Å²) in [7, 11) is 1.59. The van der Waals surface area contributed by atoms with E-state index in [1.165, 1.54) is 270 Å². The minimum Gasteiger partial charge on any atom is -0.387 e. The van der Waals surface area contributed by atoms with E-state index in [0.717, 1.165) is 38.5 Å². The van der Waals surface area contributed by atoms with Gasteiger partial charge in [-0.05, 0) is 44.9 Å². The standard InChI is InChI=1S/C64H127N2O6P/c1-6-8-10-12-14-16-18-19-20-21-22-23-24-25-26-27-28-29-30-31-32-33-34-35-36-37-38-39-40-41-42-43-44-45-46-47-48-50-52-54-56-58-64(68)65-62(61-72-73(69,70)71-60-59-66(3,4)5)63(67)57-55-53-51-49-17-15-13-11-9-7-2/h21-22,55,57,62-63,67H,6-20,23-54,56,58-61H2,1-5H3,(H-,65,68,69,70)/p+1/b22-21-,57-55+. The summed E-state index contributed by atoms with van der Waals surface area (Å²) in [6.07, 6.45) is 72.0. The number of quaternary nitrogens is 1. The van der Waals surface area contributed by atoms with Crippen molar-refractivity contribution in [3.05, 3.63) is 24.3 Å². The zero-order chi connectivity index (χ0) is 53.5. The molecular weight excluding hydrogens is 924 g/mol. The molecule has 3 N–H and O–H groups in total. The molecule has 0 saturated carbocycles. The molecule has 0 aromatic heterocycles. The van der Waals surface area contributed by atoms with E-state index in [9.17, 15) is 19.4 Å². The molecule has 0 fully saturated rings. The minimum absolute atomic E-state index is 0.0640. The van der Waals surface area contributed by atoms with Gasteiger partial charge in [-0.1, -0.05) is 301 Å². The number of allylic oxidation sites excluding steroid dienone is 3. The highest BCUT2D eigenvalue weighted by Crippen LogP contribution is 2.43. The molecule has 0 aromatic rings. The quantitative estimate of drug-likeness (QED) is 0.0243. The normalized spacial score (nSPS) is 13.9. The van der Waals surface area contributed by atoms with Crippen molar-refractivity contribution in [1.82, 2.24) is 5.32 Å². The number of nitrogens with one attached hydrogen (secondary N) is 1. The third-order valence-corrected chi connectivity index (χ3v) is 15.9. The van der Waals surface area contributed by atoms with Crippen LogP contribution in [0.3, 0.4) is 0 Å². The Morgan fingerprint density at radius 3 is 1.05 bits per heavy atom. The van der Waals surface area contributed by atoms with E-state index in [1.54, 1.807) is 6.08 Å². The smallest absolute Gasteiger partial charge is 0.387 e. The van der Waals surface area contributed by atoms with Crippen LogP contribution >= 0.6 is 7.82 Å². The van der Waals surface area contributed by atoms with Crippen molar-refractivity contribution in [2.45, 2.75) is 341 Å². The number of amides is 1. The third kappa shape index (κ3) is 58.5. The number of hydrogen-bond donors (Lipinski definition) is 3. The molecule has 0 spiro atoms. The van der Waals surface area contributed by atoms with Gasteiger partial charge < -0.3 is 19.8 Å². The lowest BCUT2D eigenvalue weighted by Gasteiger charge is -2.25. The number of carbonyl (C=O) groups excluding carboxylic acids is 1. The van der Waals surface area contributed by atoms with Crippen molar-refractivity contribution < 1.29 is 32.9 Å². The van der Waals surface area contributed by atoms with Crippen molar-refractivity contribution in [3.8, 4) is 0 Å². The molecule has 434 valence electrons. The second-order valence-corrected chi connectivity index (χ2v) is 24.9. The Morgan fingerprint density at radius 1 is 0.452 bits per heavy atom. The van der Waals surface area contributed by atoms with Gasteiger partial charge in [-0.25, -0.2) is 4.57 Å². The van der Waals surface area contributed by atoms with Gasteiger partial charge in [0.2, 0.25) is 5.91 Å². The molecule has 73 heavy (non-hydrogen) atoms. The lowest BCUT2D eigenvalue weighted by molar-refractivity contribution is -0.870. The molecular formula is C64H128N2O6P+. The summed E-state index contributed by atoms with van der Waals surface area (Å²) >= 11 is 0. The highest BCUT2D eigenvalue weighted by molar-refractivity contribution is 7.47.